The summed E-state index contributed by atoms with van der Waals surface area (Å²) < 4.78 is 33.3. The van der Waals surface area contributed by atoms with E-state index in [-0.39, 0.29) is 17.1 Å². The monoisotopic (exact) mass is 350 g/mol. The standard InChI is InChI=1S/C15H9BrF2N2O/c16-9-3-1-8(2-4-9)13-14(21-20-15(13)19)11-7-10(17)5-6-12(11)18/h1-7H,(H2,19,20). The van der Waals surface area contributed by atoms with E-state index in [2.05, 4.69) is 21.1 Å². The van der Waals surface area contributed by atoms with Gasteiger partial charge >= 0.3 is 0 Å². The minimum absolute atomic E-state index is 0.0166. The number of hydrogen-bond donors (Lipinski definition) is 1. The lowest BCUT2D eigenvalue weighted by Crippen LogP contribution is -1.90. The molecule has 0 aliphatic heterocycles. The lowest BCUT2D eigenvalue weighted by Gasteiger charge is -2.04. The van der Waals surface area contributed by atoms with Crippen molar-refractivity contribution < 1.29 is 13.3 Å². The number of anilines is 1. The summed E-state index contributed by atoms with van der Waals surface area (Å²) in [5.41, 5.74) is 6.93. The van der Waals surface area contributed by atoms with Crippen molar-refractivity contribution in [2.24, 2.45) is 0 Å². The summed E-state index contributed by atoms with van der Waals surface area (Å²) in [6.45, 7) is 0. The lowest BCUT2D eigenvalue weighted by molar-refractivity contribution is 0.433. The van der Waals surface area contributed by atoms with Crippen LogP contribution in [0.2, 0.25) is 0 Å². The molecule has 0 aliphatic carbocycles. The Hall–Kier alpha value is -2.21. The average molecular weight is 351 g/mol. The molecule has 1 aromatic heterocycles. The van der Waals surface area contributed by atoms with Gasteiger partial charge in [0.15, 0.2) is 11.6 Å². The van der Waals surface area contributed by atoms with Crippen LogP contribution in [0.4, 0.5) is 14.6 Å². The van der Waals surface area contributed by atoms with Crippen molar-refractivity contribution in [2.45, 2.75) is 0 Å². The first kappa shape index (κ1) is 13.8. The van der Waals surface area contributed by atoms with Crippen molar-refractivity contribution in [3.05, 3.63) is 58.6 Å². The van der Waals surface area contributed by atoms with Gasteiger partial charge in [0.05, 0.1) is 11.1 Å². The van der Waals surface area contributed by atoms with Crippen LogP contribution in [-0.2, 0) is 0 Å². The SMILES string of the molecule is Nc1noc(-c2cc(F)ccc2F)c1-c1ccc(Br)cc1. The van der Waals surface area contributed by atoms with Gasteiger partial charge in [-0.05, 0) is 35.9 Å². The Labute approximate surface area is 127 Å². The van der Waals surface area contributed by atoms with E-state index in [1.165, 1.54) is 0 Å². The molecule has 0 saturated carbocycles. The van der Waals surface area contributed by atoms with E-state index in [0.29, 0.717) is 11.1 Å². The highest BCUT2D eigenvalue weighted by molar-refractivity contribution is 9.10. The fourth-order valence-corrected chi connectivity index (χ4v) is 2.32. The Morgan fingerprint density at radius 1 is 1.05 bits per heavy atom. The van der Waals surface area contributed by atoms with E-state index >= 15 is 0 Å². The number of halogens is 3. The summed E-state index contributed by atoms with van der Waals surface area (Å²) >= 11 is 3.33. The molecule has 0 aliphatic rings. The highest BCUT2D eigenvalue weighted by atomic mass is 79.9. The minimum atomic E-state index is -0.606. The molecule has 0 fully saturated rings. The van der Waals surface area contributed by atoms with E-state index in [1.807, 2.05) is 12.1 Å². The number of nitrogen functional groups attached to an aromatic ring is 1. The van der Waals surface area contributed by atoms with Gasteiger partial charge in [-0.1, -0.05) is 33.2 Å². The molecule has 3 aromatic rings. The maximum atomic E-state index is 13.9. The molecule has 0 unspecified atom stereocenters. The van der Waals surface area contributed by atoms with Gasteiger partial charge in [0.2, 0.25) is 0 Å². The molecule has 0 bridgehead atoms. The summed E-state index contributed by atoms with van der Waals surface area (Å²) in [5.74, 6) is -0.947. The summed E-state index contributed by atoms with van der Waals surface area (Å²) in [6.07, 6.45) is 0. The second kappa shape index (κ2) is 5.29. The molecular formula is C15H9BrF2N2O. The van der Waals surface area contributed by atoms with Crippen LogP contribution in [0.15, 0.2) is 51.5 Å². The molecule has 0 radical (unpaired) electrons. The Kier molecular flexibility index (Phi) is 3.47. The molecular weight excluding hydrogens is 342 g/mol. The molecule has 106 valence electrons. The average Bonchev–Trinajstić information content (AvgIpc) is 2.84. The number of rotatable bonds is 2. The third-order valence-electron chi connectivity index (χ3n) is 3.02. The van der Waals surface area contributed by atoms with Crippen LogP contribution in [0.1, 0.15) is 0 Å². The van der Waals surface area contributed by atoms with Gasteiger partial charge in [-0.25, -0.2) is 8.78 Å². The molecule has 0 atom stereocenters. The highest BCUT2D eigenvalue weighted by Gasteiger charge is 2.20. The highest BCUT2D eigenvalue weighted by Crippen LogP contribution is 2.38. The smallest absolute Gasteiger partial charge is 0.179 e. The van der Waals surface area contributed by atoms with Crippen molar-refractivity contribution in [2.75, 3.05) is 5.73 Å². The first-order valence-electron chi connectivity index (χ1n) is 6.03. The first-order valence-corrected chi connectivity index (χ1v) is 6.82. The summed E-state index contributed by atoms with van der Waals surface area (Å²) in [5, 5.41) is 3.66. The van der Waals surface area contributed by atoms with E-state index in [9.17, 15) is 8.78 Å². The molecule has 0 saturated heterocycles. The van der Waals surface area contributed by atoms with Gasteiger partial charge in [0, 0.05) is 4.47 Å². The Bertz CT molecular complexity index is 800. The van der Waals surface area contributed by atoms with E-state index in [1.54, 1.807) is 12.1 Å². The normalized spacial score (nSPS) is 10.8. The molecule has 0 spiro atoms. The van der Waals surface area contributed by atoms with Crippen LogP contribution >= 0.6 is 15.9 Å². The largest absolute Gasteiger partial charge is 0.380 e. The molecule has 3 nitrogen and oxygen atoms in total. The van der Waals surface area contributed by atoms with Gasteiger partial charge in [0.25, 0.3) is 0 Å². The second-order valence-electron chi connectivity index (χ2n) is 4.40. The minimum Gasteiger partial charge on any atom is -0.380 e. The van der Waals surface area contributed by atoms with Crippen LogP contribution in [-0.4, -0.2) is 5.16 Å². The quantitative estimate of drug-likeness (QED) is 0.732. The van der Waals surface area contributed by atoms with Gasteiger partial charge in [-0.15, -0.1) is 0 Å². The van der Waals surface area contributed by atoms with Crippen molar-refractivity contribution in [1.82, 2.24) is 5.16 Å². The van der Waals surface area contributed by atoms with Gasteiger partial charge in [-0.2, -0.15) is 0 Å². The number of nitrogens with zero attached hydrogens (tertiary/aromatic N) is 1. The topological polar surface area (TPSA) is 52.0 Å². The summed E-state index contributed by atoms with van der Waals surface area (Å²) in [7, 11) is 0. The zero-order chi connectivity index (χ0) is 15.0. The van der Waals surface area contributed by atoms with Gasteiger partial charge < -0.3 is 10.3 Å². The molecule has 1 heterocycles. The molecule has 2 N–H and O–H groups in total. The van der Waals surface area contributed by atoms with Crippen molar-refractivity contribution >= 4 is 21.7 Å². The number of aromatic nitrogens is 1. The molecule has 3 rings (SSSR count). The second-order valence-corrected chi connectivity index (χ2v) is 5.32. The number of hydrogen-bond acceptors (Lipinski definition) is 3. The molecule has 0 amide bonds. The zero-order valence-corrected chi connectivity index (χ0v) is 12.2. The predicted molar refractivity (Wildman–Crippen MR) is 79.4 cm³/mol. The van der Waals surface area contributed by atoms with Crippen LogP contribution in [0.25, 0.3) is 22.5 Å². The Morgan fingerprint density at radius 2 is 1.76 bits per heavy atom. The van der Waals surface area contributed by atoms with Crippen LogP contribution in [0, 0.1) is 11.6 Å². The molecule has 2 aromatic carbocycles. The van der Waals surface area contributed by atoms with Gasteiger partial charge in [0.1, 0.15) is 11.6 Å². The maximum absolute atomic E-state index is 13.9. The van der Waals surface area contributed by atoms with E-state index < -0.39 is 11.6 Å². The fourth-order valence-electron chi connectivity index (χ4n) is 2.05. The Morgan fingerprint density at radius 3 is 2.48 bits per heavy atom. The predicted octanol–water partition coefficient (Wildman–Crippen LogP) is 4.63. The van der Waals surface area contributed by atoms with E-state index in [4.69, 9.17) is 10.3 Å². The van der Waals surface area contributed by atoms with Crippen LogP contribution in [0.3, 0.4) is 0 Å². The molecule has 6 heteroatoms. The third-order valence-corrected chi connectivity index (χ3v) is 3.55. The van der Waals surface area contributed by atoms with Crippen LogP contribution in [0.5, 0.6) is 0 Å². The summed E-state index contributed by atoms with van der Waals surface area (Å²) in [6, 6.07) is 10.3. The van der Waals surface area contributed by atoms with Crippen molar-refractivity contribution in [3.63, 3.8) is 0 Å². The number of nitrogens with two attached hydrogens (primary N) is 1. The Balaban J connectivity index is 2.21. The zero-order valence-electron chi connectivity index (χ0n) is 10.6. The third kappa shape index (κ3) is 2.54. The maximum Gasteiger partial charge on any atom is 0.179 e. The first-order chi connectivity index (χ1) is 10.1. The molecule has 21 heavy (non-hydrogen) atoms. The van der Waals surface area contributed by atoms with Crippen molar-refractivity contribution in [1.29, 1.82) is 0 Å². The van der Waals surface area contributed by atoms with E-state index in [0.717, 1.165) is 22.7 Å². The van der Waals surface area contributed by atoms with Crippen molar-refractivity contribution in [3.8, 4) is 22.5 Å². The van der Waals surface area contributed by atoms with Crippen LogP contribution < -0.4 is 5.73 Å². The summed E-state index contributed by atoms with van der Waals surface area (Å²) in [4.78, 5) is 0. The van der Waals surface area contributed by atoms with Gasteiger partial charge in [-0.3, -0.25) is 0 Å². The lowest BCUT2D eigenvalue weighted by atomic mass is 10.0. The fraction of sp³-hybridized carbons (Fsp3) is 0. The number of benzene rings is 2.